The van der Waals surface area contributed by atoms with Gasteiger partial charge in [-0.2, -0.15) is 0 Å². The molecule has 0 bridgehead atoms. The Morgan fingerprint density at radius 2 is 2.29 bits per heavy atom. The van der Waals surface area contributed by atoms with Crippen LogP contribution in [0.1, 0.15) is 10.7 Å². The van der Waals surface area contributed by atoms with E-state index in [1.807, 2.05) is 5.38 Å². The van der Waals surface area contributed by atoms with Gasteiger partial charge in [-0.25, -0.2) is 4.98 Å². The van der Waals surface area contributed by atoms with Crippen LogP contribution < -0.4 is 11.1 Å². The largest absolute Gasteiger partial charge is 0.330 e. The van der Waals surface area contributed by atoms with Gasteiger partial charge in [0.15, 0.2) is 0 Å². The SMILES string of the molecule is NCCc1nc(CC(=O)Nc2cccc([N+](=O)[O-])c2)cs1. The summed E-state index contributed by atoms with van der Waals surface area (Å²) in [5, 5.41) is 16.0. The molecular weight excluding hydrogens is 292 g/mol. The number of carbonyl (C=O) groups is 1. The maximum absolute atomic E-state index is 11.9. The molecule has 0 atom stereocenters. The van der Waals surface area contributed by atoms with E-state index in [-0.39, 0.29) is 18.0 Å². The fraction of sp³-hybridized carbons (Fsp3) is 0.231. The first kappa shape index (κ1) is 15.1. The minimum absolute atomic E-state index is 0.0632. The number of nitrogens with two attached hydrogens (primary N) is 1. The summed E-state index contributed by atoms with van der Waals surface area (Å²) in [6.45, 7) is 0.521. The Hall–Kier alpha value is -2.32. The van der Waals surface area contributed by atoms with E-state index in [1.54, 1.807) is 6.07 Å². The Labute approximate surface area is 125 Å². The van der Waals surface area contributed by atoms with Crippen molar-refractivity contribution in [2.24, 2.45) is 5.73 Å². The van der Waals surface area contributed by atoms with Gasteiger partial charge >= 0.3 is 0 Å². The van der Waals surface area contributed by atoms with Crippen molar-refractivity contribution in [3.8, 4) is 0 Å². The van der Waals surface area contributed by atoms with E-state index in [1.165, 1.54) is 29.5 Å². The third-order valence-electron chi connectivity index (χ3n) is 2.64. The van der Waals surface area contributed by atoms with E-state index < -0.39 is 4.92 Å². The summed E-state index contributed by atoms with van der Waals surface area (Å²) in [6.07, 6.45) is 0.820. The monoisotopic (exact) mass is 306 g/mol. The van der Waals surface area contributed by atoms with Gasteiger partial charge in [0.1, 0.15) is 0 Å². The van der Waals surface area contributed by atoms with Gasteiger partial charge in [-0.15, -0.1) is 11.3 Å². The van der Waals surface area contributed by atoms with Crippen molar-refractivity contribution in [2.75, 3.05) is 11.9 Å². The molecule has 0 saturated heterocycles. The van der Waals surface area contributed by atoms with Gasteiger partial charge in [0.25, 0.3) is 5.69 Å². The maximum Gasteiger partial charge on any atom is 0.271 e. The highest BCUT2D eigenvalue weighted by molar-refractivity contribution is 7.09. The number of nitro benzene ring substituents is 1. The highest BCUT2D eigenvalue weighted by atomic mass is 32.1. The number of aromatic nitrogens is 1. The summed E-state index contributed by atoms with van der Waals surface area (Å²) in [5.74, 6) is -0.264. The summed E-state index contributed by atoms with van der Waals surface area (Å²) >= 11 is 1.47. The number of nitro groups is 1. The molecule has 1 aromatic carbocycles. The number of hydrogen-bond donors (Lipinski definition) is 2. The molecular formula is C13H14N4O3S. The van der Waals surface area contributed by atoms with E-state index >= 15 is 0 Å². The molecule has 0 aliphatic rings. The summed E-state index contributed by atoms with van der Waals surface area (Å²) in [4.78, 5) is 26.3. The predicted octanol–water partition coefficient (Wildman–Crippen LogP) is 1.73. The van der Waals surface area contributed by atoms with Crippen LogP contribution in [0.2, 0.25) is 0 Å². The van der Waals surface area contributed by atoms with Gasteiger partial charge in [-0.05, 0) is 12.6 Å². The number of thiazole rings is 1. The highest BCUT2D eigenvalue weighted by Crippen LogP contribution is 2.17. The lowest BCUT2D eigenvalue weighted by Gasteiger charge is -2.03. The number of carbonyl (C=O) groups excluding carboxylic acids is 1. The van der Waals surface area contributed by atoms with Crippen molar-refractivity contribution in [3.63, 3.8) is 0 Å². The average Bonchev–Trinajstić information content (AvgIpc) is 2.86. The predicted molar refractivity (Wildman–Crippen MR) is 80.3 cm³/mol. The molecule has 0 unspecified atom stereocenters. The normalized spacial score (nSPS) is 10.3. The van der Waals surface area contributed by atoms with Crippen LogP contribution in [0, 0.1) is 10.1 Å². The molecule has 1 heterocycles. The Bertz CT molecular complexity index is 656. The molecule has 2 aromatic rings. The molecule has 1 aromatic heterocycles. The van der Waals surface area contributed by atoms with Gasteiger partial charge in [0.05, 0.1) is 22.0 Å². The summed E-state index contributed by atoms with van der Waals surface area (Å²) < 4.78 is 0. The number of amides is 1. The van der Waals surface area contributed by atoms with Crippen molar-refractivity contribution in [1.82, 2.24) is 4.98 Å². The first-order valence-electron chi connectivity index (χ1n) is 6.26. The van der Waals surface area contributed by atoms with Crippen molar-refractivity contribution in [2.45, 2.75) is 12.8 Å². The standard InChI is InChI=1S/C13H14N4O3S/c14-5-4-13-16-10(8-21-13)7-12(18)15-9-2-1-3-11(6-9)17(19)20/h1-3,6,8H,4-5,7,14H2,(H,15,18). The quantitative estimate of drug-likeness (QED) is 0.623. The molecule has 0 saturated carbocycles. The van der Waals surface area contributed by atoms with E-state index in [4.69, 9.17) is 5.73 Å². The fourth-order valence-corrected chi connectivity index (χ4v) is 2.55. The molecule has 0 spiro atoms. The Balaban J connectivity index is 1.97. The van der Waals surface area contributed by atoms with E-state index in [2.05, 4.69) is 10.3 Å². The van der Waals surface area contributed by atoms with Gasteiger partial charge in [-0.1, -0.05) is 6.07 Å². The van der Waals surface area contributed by atoms with Crippen LogP contribution in [0.3, 0.4) is 0 Å². The first-order valence-corrected chi connectivity index (χ1v) is 7.14. The molecule has 7 nitrogen and oxygen atoms in total. The lowest BCUT2D eigenvalue weighted by Crippen LogP contribution is -2.14. The Kier molecular flexibility index (Phi) is 4.96. The molecule has 0 aliphatic carbocycles. The van der Waals surface area contributed by atoms with Crippen molar-refractivity contribution in [1.29, 1.82) is 0 Å². The van der Waals surface area contributed by atoms with Gasteiger partial charge in [0, 0.05) is 29.6 Å². The minimum Gasteiger partial charge on any atom is -0.330 e. The molecule has 3 N–H and O–H groups in total. The lowest BCUT2D eigenvalue weighted by atomic mass is 10.2. The minimum atomic E-state index is -0.505. The molecule has 1 amide bonds. The van der Waals surface area contributed by atoms with Crippen LogP contribution in [-0.4, -0.2) is 22.4 Å². The third-order valence-corrected chi connectivity index (χ3v) is 3.60. The van der Waals surface area contributed by atoms with E-state index in [0.717, 1.165) is 5.01 Å². The zero-order valence-electron chi connectivity index (χ0n) is 11.1. The number of nitrogens with one attached hydrogen (secondary N) is 1. The maximum atomic E-state index is 11.9. The van der Waals surface area contributed by atoms with Crippen LogP contribution >= 0.6 is 11.3 Å². The zero-order valence-corrected chi connectivity index (χ0v) is 11.9. The fourth-order valence-electron chi connectivity index (χ4n) is 1.74. The second kappa shape index (κ2) is 6.91. The molecule has 0 fully saturated rings. The summed E-state index contributed by atoms with van der Waals surface area (Å²) in [7, 11) is 0. The molecule has 21 heavy (non-hydrogen) atoms. The molecule has 110 valence electrons. The third kappa shape index (κ3) is 4.33. The highest BCUT2D eigenvalue weighted by Gasteiger charge is 2.10. The molecule has 0 aliphatic heterocycles. The smallest absolute Gasteiger partial charge is 0.271 e. The van der Waals surface area contributed by atoms with Gasteiger partial charge < -0.3 is 11.1 Å². The number of rotatable bonds is 6. The average molecular weight is 306 g/mol. The Morgan fingerprint density at radius 3 is 3.00 bits per heavy atom. The van der Waals surface area contributed by atoms with E-state index in [0.29, 0.717) is 24.3 Å². The van der Waals surface area contributed by atoms with Crippen LogP contribution in [0.5, 0.6) is 0 Å². The number of anilines is 1. The molecule has 0 radical (unpaired) electrons. The lowest BCUT2D eigenvalue weighted by molar-refractivity contribution is -0.384. The van der Waals surface area contributed by atoms with Crippen molar-refractivity contribution < 1.29 is 9.72 Å². The first-order chi connectivity index (χ1) is 10.1. The van der Waals surface area contributed by atoms with Crippen LogP contribution in [0.4, 0.5) is 11.4 Å². The van der Waals surface area contributed by atoms with Crippen LogP contribution in [0.25, 0.3) is 0 Å². The molecule has 2 rings (SSSR count). The number of nitrogens with zero attached hydrogens (tertiary/aromatic N) is 2. The number of benzene rings is 1. The van der Waals surface area contributed by atoms with Gasteiger partial charge in [0.2, 0.25) is 5.91 Å². The summed E-state index contributed by atoms with van der Waals surface area (Å²) in [5.41, 5.74) is 6.45. The van der Waals surface area contributed by atoms with E-state index in [9.17, 15) is 14.9 Å². The second-order valence-corrected chi connectivity index (χ2v) is 5.25. The van der Waals surface area contributed by atoms with Gasteiger partial charge in [-0.3, -0.25) is 14.9 Å². The van der Waals surface area contributed by atoms with Crippen molar-refractivity contribution >= 4 is 28.6 Å². The zero-order chi connectivity index (χ0) is 15.2. The molecule has 8 heteroatoms. The van der Waals surface area contributed by atoms with Crippen molar-refractivity contribution in [3.05, 3.63) is 50.5 Å². The Morgan fingerprint density at radius 1 is 1.48 bits per heavy atom. The number of hydrogen-bond acceptors (Lipinski definition) is 6. The second-order valence-electron chi connectivity index (χ2n) is 4.30. The topological polar surface area (TPSA) is 111 Å². The van der Waals surface area contributed by atoms with Crippen LogP contribution in [0.15, 0.2) is 29.6 Å². The van der Waals surface area contributed by atoms with Crippen LogP contribution in [-0.2, 0) is 17.6 Å². The number of non-ortho nitro benzene ring substituents is 1. The summed E-state index contributed by atoms with van der Waals surface area (Å²) in [6, 6.07) is 5.82.